The Morgan fingerprint density at radius 3 is 2.60 bits per heavy atom. The third-order valence-corrected chi connectivity index (χ3v) is 2.09. The molecule has 15 heavy (non-hydrogen) atoms. The lowest BCUT2D eigenvalue weighted by Crippen LogP contribution is -2.17. The number of hydrogen-bond donors (Lipinski definition) is 1. The van der Waals surface area contributed by atoms with Gasteiger partial charge in [-0.1, -0.05) is 6.07 Å². The van der Waals surface area contributed by atoms with E-state index in [0.717, 1.165) is 17.9 Å². The summed E-state index contributed by atoms with van der Waals surface area (Å²) in [6.07, 6.45) is 0.851. The zero-order valence-corrected chi connectivity index (χ0v) is 9.62. The van der Waals surface area contributed by atoms with Crippen LogP contribution in [-0.4, -0.2) is 19.8 Å². The van der Waals surface area contributed by atoms with Crippen molar-refractivity contribution >= 4 is 0 Å². The maximum absolute atomic E-state index is 5.75. The molecule has 2 N–H and O–H groups in total. The highest BCUT2D eigenvalue weighted by atomic mass is 16.5. The Kier molecular flexibility index (Phi) is 4.43. The van der Waals surface area contributed by atoms with Crippen LogP contribution in [0, 0.1) is 0 Å². The third-order valence-electron chi connectivity index (χ3n) is 2.09. The maximum atomic E-state index is 5.75. The van der Waals surface area contributed by atoms with Gasteiger partial charge in [-0.25, -0.2) is 0 Å². The minimum Gasteiger partial charge on any atom is -0.493 e. The lowest BCUT2D eigenvalue weighted by atomic mass is 10.1. The standard InChI is InChI=1S/C12H19NO2/c1-4-15-12-8-10(7-9(2)13)5-6-11(12)14-3/h5-6,8-9H,4,7,13H2,1-3H3/t9-/m1/s1. The maximum Gasteiger partial charge on any atom is 0.161 e. The summed E-state index contributed by atoms with van der Waals surface area (Å²) < 4.78 is 10.7. The molecule has 0 amide bonds. The van der Waals surface area contributed by atoms with Crippen LogP contribution in [0.4, 0.5) is 0 Å². The molecule has 0 spiro atoms. The first-order valence-corrected chi connectivity index (χ1v) is 5.22. The number of benzene rings is 1. The number of nitrogens with two attached hydrogens (primary N) is 1. The summed E-state index contributed by atoms with van der Waals surface area (Å²) >= 11 is 0. The van der Waals surface area contributed by atoms with Crippen molar-refractivity contribution < 1.29 is 9.47 Å². The summed E-state index contributed by atoms with van der Waals surface area (Å²) in [6.45, 7) is 4.58. The molecule has 0 aliphatic rings. The van der Waals surface area contributed by atoms with Crippen molar-refractivity contribution in [3.8, 4) is 11.5 Å². The van der Waals surface area contributed by atoms with Gasteiger partial charge in [0.05, 0.1) is 13.7 Å². The predicted molar refractivity (Wildman–Crippen MR) is 61.5 cm³/mol. The Morgan fingerprint density at radius 2 is 2.07 bits per heavy atom. The van der Waals surface area contributed by atoms with Crippen LogP contribution in [0.15, 0.2) is 18.2 Å². The van der Waals surface area contributed by atoms with Gasteiger partial charge >= 0.3 is 0 Å². The summed E-state index contributed by atoms with van der Waals surface area (Å²) in [5.41, 5.74) is 6.92. The van der Waals surface area contributed by atoms with Crippen molar-refractivity contribution in [2.75, 3.05) is 13.7 Å². The van der Waals surface area contributed by atoms with E-state index in [2.05, 4.69) is 0 Å². The molecule has 1 aromatic rings. The largest absolute Gasteiger partial charge is 0.493 e. The second-order valence-corrected chi connectivity index (χ2v) is 3.60. The molecule has 0 aliphatic heterocycles. The van der Waals surface area contributed by atoms with Gasteiger partial charge < -0.3 is 15.2 Å². The molecule has 0 heterocycles. The van der Waals surface area contributed by atoms with Gasteiger partial charge in [0.25, 0.3) is 0 Å². The van der Waals surface area contributed by atoms with Crippen LogP contribution < -0.4 is 15.2 Å². The normalized spacial score (nSPS) is 12.3. The average Bonchev–Trinajstić information content (AvgIpc) is 2.18. The summed E-state index contributed by atoms with van der Waals surface area (Å²) in [5, 5.41) is 0. The van der Waals surface area contributed by atoms with Gasteiger partial charge in [0, 0.05) is 6.04 Å². The average molecular weight is 209 g/mol. The molecular weight excluding hydrogens is 190 g/mol. The first kappa shape index (κ1) is 11.9. The molecule has 1 rings (SSSR count). The van der Waals surface area contributed by atoms with E-state index in [1.165, 1.54) is 5.56 Å². The highest BCUT2D eigenvalue weighted by molar-refractivity contribution is 5.43. The van der Waals surface area contributed by atoms with Gasteiger partial charge in [0.15, 0.2) is 11.5 Å². The third kappa shape index (κ3) is 3.44. The molecule has 0 fully saturated rings. The fraction of sp³-hybridized carbons (Fsp3) is 0.500. The zero-order chi connectivity index (χ0) is 11.3. The summed E-state index contributed by atoms with van der Waals surface area (Å²) in [6, 6.07) is 6.09. The van der Waals surface area contributed by atoms with E-state index in [9.17, 15) is 0 Å². The highest BCUT2D eigenvalue weighted by Crippen LogP contribution is 2.28. The Hall–Kier alpha value is -1.22. The molecule has 1 aromatic carbocycles. The van der Waals surface area contributed by atoms with Crippen molar-refractivity contribution in [2.24, 2.45) is 5.73 Å². The number of rotatable bonds is 5. The van der Waals surface area contributed by atoms with Crippen molar-refractivity contribution in [3.05, 3.63) is 23.8 Å². The van der Waals surface area contributed by atoms with E-state index >= 15 is 0 Å². The minimum absolute atomic E-state index is 0.160. The Balaban J connectivity index is 2.88. The van der Waals surface area contributed by atoms with Crippen LogP contribution in [0.2, 0.25) is 0 Å². The second kappa shape index (κ2) is 5.61. The number of methoxy groups -OCH3 is 1. The van der Waals surface area contributed by atoms with Crippen LogP contribution in [-0.2, 0) is 6.42 Å². The monoisotopic (exact) mass is 209 g/mol. The summed E-state index contributed by atoms with van der Waals surface area (Å²) in [5.74, 6) is 1.56. The van der Waals surface area contributed by atoms with Crippen LogP contribution in [0.5, 0.6) is 11.5 Å². The van der Waals surface area contributed by atoms with Crippen LogP contribution >= 0.6 is 0 Å². The SMILES string of the molecule is CCOc1cc(C[C@@H](C)N)ccc1OC. The van der Waals surface area contributed by atoms with Crippen molar-refractivity contribution in [1.82, 2.24) is 0 Å². The number of hydrogen-bond acceptors (Lipinski definition) is 3. The highest BCUT2D eigenvalue weighted by Gasteiger charge is 2.06. The molecule has 0 saturated heterocycles. The van der Waals surface area contributed by atoms with E-state index in [1.807, 2.05) is 32.0 Å². The van der Waals surface area contributed by atoms with Gasteiger partial charge in [0.1, 0.15) is 0 Å². The molecule has 0 unspecified atom stereocenters. The smallest absolute Gasteiger partial charge is 0.161 e. The molecule has 0 radical (unpaired) electrons. The van der Waals surface area contributed by atoms with E-state index in [0.29, 0.717) is 6.61 Å². The van der Waals surface area contributed by atoms with Gasteiger partial charge in [0.2, 0.25) is 0 Å². The van der Waals surface area contributed by atoms with E-state index in [1.54, 1.807) is 7.11 Å². The van der Waals surface area contributed by atoms with E-state index in [4.69, 9.17) is 15.2 Å². The lowest BCUT2D eigenvalue weighted by Gasteiger charge is -2.12. The molecule has 1 atom stereocenters. The van der Waals surface area contributed by atoms with Crippen LogP contribution in [0.1, 0.15) is 19.4 Å². The number of ether oxygens (including phenoxy) is 2. The van der Waals surface area contributed by atoms with Gasteiger partial charge in [-0.3, -0.25) is 0 Å². The Morgan fingerprint density at radius 1 is 1.33 bits per heavy atom. The van der Waals surface area contributed by atoms with Gasteiger partial charge in [-0.15, -0.1) is 0 Å². The molecule has 0 aliphatic carbocycles. The zero-order valence-electron chi connectivity index (χ0n) is 9.62. The molecule has 3 nitrogen and oxygen atoms in total. The summed E-state index contributed by atoms with van der Waals surface area (Å²) in [7, 11) is 1.64. The molecular formula is C12H19NO2. The van der Waals surface area contributed by atoms with Crippen LogP contribution in [0.3, 0.4) is 0 Å². The van der Waals surface area contributed by atoms with E-state index < -0.39 is 0 Å². The molecule has 0 aromatic heterocycles. The van der Waals surface area contributed by atoms with Crippen LogP contribution in [0.25, 0.3) is 0 Å². The Labute approximate surface area is 91.2 Å². The van der Waals surface area contributed by atoms with Gasteiger partial charge in [-0.2, -0.15) is 0 Å². The van der Waals surface area contributed by atoms with Gasteiger partial charge in [-0.05, 0) is 38.0 Å². The first-order chi connectivity index (χ1) is 7.17. The first-order valence-electron chi connectivity index (χ1n) is 5.22. The van der Waals surface area contributed by atoms with Crippen molar-refractivity contribution in [2.45, 2.75) is 26.3 Å². The molecule has 84 valence electrons. The molecule has 0 bridgehead atoms. The quantitative estimate of drug-likeness (QED) is 0.806. The minimum atomic E-state index is 0.160. The Bertz CT molecular complexity index is 310. The topological polar surface area (TPSA) is 44.5 Å². The predicted octanol–water partition coefficient (Wildman–Crippen LogP) is 1.98. The summed E-state index contributed by atoms with van der Waals surface area (Å²) in [4.78, 5) is 0. The second-order valence-electron chi connectivity index (χ2n) is 3.60. The molecule has 0 saturated carbocycles. The molecule has 3 heteroatoms. The van der Waals surface area contributed by atoms with E-state index in [-0.39, 0.29) is 6.04 Å². The fourth-order valence-electron chi connectivity index (χ4n) is 1.49. The van der Waals surface area contributed by atoms with Crippen molar-refractivity contribution in [3.63, 3.8) is 0 Å². The lowest BCUT2D eigenvalue weighted by molar-refractivity contribution is 0.310. The van der Waals surface area contributed by atoms with Crippen molar-refractivity contribution in [1.29, 1.82) is 0 Å². The fourth-order valence-corrected chi connectivity index (χ4v) is 1.49.